The molecule has 1 heterocycles. The maximum atomic E-state index is 8.80. The Kier molecular flexibility index (Phi) is 2.99. The zero-order chi connectivity index (χ0) is 8.97. The van der Waals surface area contributed by atoms with Crippen LogP contribution in [0, 0.1) is 6.92 Å². The van der Waals surface area contributed by atoms with E-state index in [1.165, 1.54) is 0 Å². The van der Waals surface area contributed by atoms with Crippen molar-refractivity contribution in [1.82, 2.24) is 9.97 Å². The molecule has 0 amide bonds. The summed E-state index contributed by atoms with van der Waals surface area (Å²) >= 11 is 0. The Morgan fingerprint density at radius 3 is 2.83 bits per heavy atom. The van der Waals surface area contributed by atoms with Crippen molar-refractivity contribution in [2.24, 2.45) is 0 Å². The molecule has 0 bridgehead atoms. The van der Waals surface area contributed by atoms with Gasteiger partial charge in [-0.1, -0.05) is 0 Å². The third kappa shape index (κ3) is 2.17. The van der Waals surface area contributed by atoms with Crippen LogP contribution in [0.2, 0.25) is 0 Å². The standard InChI is InChI=1S/C8H13N3O/c1-3-9-7-4-6(2)10-8(5-12)11-7/h4,12H,3,5H2,1-2H3,(H,9,10,11). The molecule has 4 nitrogen and oxygen atoms in total. The number of aliphatic hydroxyl groups excluding tert-OH is 1. The molecule has 0 atom stereocenters. The molecule has 1 aromatic rings. The van der Waals surface area contributed by atoms with E-state index in [4.69, 9.17) is 5.11 Å². The largest absolute Gasteiger partial charge is 0.388 e. The third-order valence-electron chi connectivity index (χ3n) is 1.40. The highest BCUT2D eigenvalue weighted by Crippen LogP contribution is 2.05. The first-order chi connectivity index (χ1) is 5.76. The lowest BCUT2D eigenvalue weighted by atomic mass is 10.4. The van der Waals surface area contributed by atoms with Gasteiger partial charge in [-0.15, -0.1) is 0 Å². The molecule has 4 heteroatoms. The predicted octanol–water partition coefficient (Wildman–Crippen LogP) is 0.709. The van der Waals surface area contributed by atoms with Crippen molar-refractivity contribution >= 4 is 5.82 Å². The lowest BCUT2D eigenvalue weighted by Crippen LogP contribution is -2.04. The quantitative estimate of drug-likeness (QED) is 0.696. The molecule has 0 aliphatic carbocycles. The number of rotatable bonds is 3. The summed E-state index contributed by atoms with van der Waals surface area (Å²) in [7, 11) is 0. The summed E-state index contributed by atoms with van der Waals surface area (Å²) in [5.74, 6) is 1.24. The van der Waals surface area contributed by atoms with Crippen molar-refractivity contribution in [1.29, 1.82) is 0 Å². The van der Waals surface area contributed by atoms with Crippen molar-refractivity contribution in [2.75, 3.05) is 11.9 Å². The average molecular weight is 167 g/mol. The van der Waals surface area contributed by atoms with Crippen LogP contribution < -0.4 is 5.32 Å². The fourth-order valence-electron chi connectivity index (χ4n) is 0.972. The van der Waals surface area contributed by atoms with E-state index < -0.39 is 0 Å². The minimum absolute atomic E-state index is 0.111. The molecule has 0 radical (unpaired) electrons. The number of anilines is 1. The molecule has 0 aliphatic heterocycles. The average Bonchev–Trinajstić information content (AvgIpc) is 2.04. The van der Waals surface area contributed by atoms with Crippen LogP contribution in [0.25, 0.3) is 0 Å². The Balaban J connectivity index is 2.90. The second kappa shape index (κ2) is 4.01. The fraction of sp³-hybridized carbons (Fsp3) is 0.500. The Bertz CT molecular complexity index is 262. The van der Waals surface area contributed by atoms with Crippen LogP contribution in [-0.2, 0) is 6.61 Å². The minimum Gasteiger partial charge on any atom is -0.388 e. The van der Waals surface area contributed by atoms with Gasteiger partial charge in [-0.05, 0) is 13.8 Å². The van der Waals surface area contributed by atoms with E-state index in [1.54, 1.807) is 0 Å². The number of hydrogen-bond acceptors (Lipinski definition) is 4. The topological polar surface area (TPSA) is 58.0 Å². The monoisotopic (exact) mass is 167 g/mol. The predicted molar refractivity (Wildman–Crippen MR) is 46.9 cm³/mol. The lowest BCUT2D eigenvalue weighted by molar-refractivity contribution is 0.271. The Morgan fingerprint density at radius 2 is 2.25 bits per heavy atom. The van der Waals surface area contributed by atoms with Crippen molar-refractivity contribution in [3.05, 3.63) is 17.6 Å². The summed E-state index contributed by atoms with van der Waals surface area (Å²) in [5, 5.41) is 11.9. The molecule has 0 fully saturated rings. The van der Waals surface area contributed by atoms with Gasteiger partial charge in [-0.25, -0.2) is 9.97 Å². The number of aromatic nitrogens is 2. The molecule has 0 saturated carbocycles. The van der Waals surface area contributed by atoms with Crippen LogP contribution in [0.15, 0.2) is 6.07 Å². The summed E-state index contributed by atoms with van der Waals surface area (Å²) in [6.45, 7) is 4.58. The first kappa shape index (κ1) is 8.93. The van der Waals surface area contributed by atoms with E-state index in [2.05, 4.69) is 15.3 Å². The molecular weight excluding hydrogens is 154 g/mol. The van der Waals surface area contributed by atoms with Gasteiger partial charge in [0.1, 0.15) is 12.4 Å². The summed E-state index contributed by atoms with van der Waals surface area (Å²) < 4.78 is 0. The van der Waals surface area contributed by atoms with Gasteiger partial charge in [0.15, 0.2) is 5.82 Å². The van der Waals surface area contributed by atoms with Crippen LogP contribution >= 0.6 is 0 Å². The van der Waals surface area contributed by atoms with Gasteiger partial charge < -0.3 is 10.4 Å². The van der Waals surface area contributed by atoms with Gasteiger partial charge in [0.2, 0.25) is 0 Å². The molecule has 0 aliphatic rings. The van der Waals surface area contributed by atoms with Gasteiger partial charge in [0, 0.05) is 18.3 Å². The smallest absolute Gasteiger partial charge is 0.156 e. The summed E-state index contributed by atoms with van der Waals surface area (Å²) in [4.78, 5) is 8.10. The first-order valence-corrected chi connectivity index (χ1v) is 3.95. The van der Waals surface area contributed by atoms with Crippen molar-refractivity contribution in [3.8, 4) is 0 Å². The van der Waals surface area contributed by atoms with E-state index >= 15 is 0 Å². The summed E-state index contributed by atoms with van der Waals surface area (Å²) in [5.41, 5.74) is 0.866. The molecule has 2 N–H and O–H groups in total. The second-order valence-electron chi connectivity index (χ2n) is 2.50. The molecule has 1 rings (SSSR count). The van der Waals surface area contributed by atoms with Crippen LogP contribution in [0.5, 0.6) is 0 Å². The van der Waals surface area contributed by atoms with E-state index in [1.807, 2.05) is 19.9 Å². The van der Waals surface area contributed by atoms with E-state index in [0.29, 0.717) is 5.82 Å². The molecule has 66 valence electrons. The number of nitrogens with zero attached hydrogens (tertiary/aromatic N) is 2. The maximum absolute atomic E-state index is 8.80. The highest BCUT2D eigenvalue weighted by Gasteiger charge is 1.98. The Morgan fingerprint density at radius 1 is 1.50 bits per heavy atom. The van der Waals surface area contributed by atoms with Crippen LogP contribution in [-0.4, -0.2) is 21.6 Å². The molecule has 12 heavy (non-hydrogen) atoms. The summed E-state index contributed by atoms with van der Waals surface area (Å²) in [6.07, 6.45) is 0. The number of nitrogens with one attached hydrogen (secondary N) is 1. The third-order valence-corrected chi connectivity index (χ3v) is 1.40. The number of hydrogen-bond donors (Lipinski definition) is 2. The Labute approximate surface area is 71.7 Å². The molecular formula is C8H13N3O. The van der Waals surface area contributed by atoms with Gasteiger partial charge in [-0.3, -0.25) is 0 Å². The minimum atomic E-state index is -0.111. The SMILES string of the molecule is CCNc1cc(C)nc(CO)n1. The zero-order valence-corrected chi connectivity index (χ0v) is 7.33. The van der Waals surface area contributed by atoms with E-state index in [-0.39, 0.29) is 6.61 Å². The Hall–Kier alpha value is -1.16. The first-order valence-electron chi connectivity index (χ1n) is 3.95. The lowest BCUT2D eigenvalue weighted by Gasteiger charge is -2.04. The van der Waals surface area contributed by atoms with Crippen molar-refractivity contribution in [2.45, 2.75) is 20.5 Å². The molecule has 0 aromatic carbocycles. The van der Waals surface area contributed by atoms with Crippen LogP contribution in [0.3, 0.4) is 0 Å². The van der Waals surface area contributed by atoms with Crippen molar-refractivity contribution < 1.29 is 5.11 Å². The highest BCUT2D eigenvalue weighted by atomic mass is 16.3. The van der Waals surface area contributed by atoms with Gasteiger partial charge in [0.25, 0.3) is 0 Å². The fourth-order valence-corrected chi connectivity index (χ4v) is 0.972. The van der Waals surface area contributed by atoms with Gasteiger partial charge in [0.05, 0.1) is 0 Å². The van der Waals surface area contributed by atoms with Gasteiger partial charge in [-0.2, -0.15) is 0 Å². The van der Waals surface area contributed by atoms with E-state index in [9.17, 15) is 0 Å². The molecule has 0 unspecified atom stereocenters. The highest BCUT2D eigenvalue weighted by molar-refractivity contribution is 5.35. The molecule has 0 spiro atoms. The maximum Gasteiger partial charge on any atom is 0.156 e. The van der Waals surface area contributed by atoms with E-state index in [0.717, 1.165) is 18.1 Å². The van der Waals surface area contributed by atoms with Gasteiger partial charge >= 0.3 is 0 Å². The zero-order valence-electron chi connectivity index (χ0n) is 7.33. The van der Waals surface area contributed by atoms with Crippen molar-refractivity contribution in [3.63, 3.8) is 0 Å². The van der Waals surface area contributed by atoms with Crippen LogP contribution in [0.1, 0.15) is 18.4 Å². The normalized spacial score (nSPS) is 9.92. The summed E-state index contributed by atoms with van der Waals surface area (Å²) in [6, 6.07) is 1.85. The number of aryl methyl sites for hydroxylation is 1. The molecule has 1 aromatic heterocycles. The second-order valence-corrected chi connectivity index (χ2v) is 2.50. The molecule has 0 saturated heterocycles. The van der Waals surface area contributed by atoms with Crippen LogP contribution in [0.4, 0.5) is 5.82 Å². The number of aliphatic hydroxyl groups is 1.